The van der Waals surface area contributed by atoms with Gasteiger partial charge < -0.3 is 4.74 Å². The molecule has 22 heavy (non-hydrogen) atoms. The van der Waals surface area contributed by atoms with Crippen molar-refractivity contribution < 1.29 is 9.53 Å². The van der Waals surface area contributed by atoms with Gasteiger partial charge in [0.25, 0.3) is 5.91 Å². The van der Waals surface area contributed by atoms with Crippen molar-refractivity contribution in [2.45, 2.75) is 26.3 Å². The number of ether oxygens (including phenoxy) is 1. The molecule has 5 heteroatoms. The Labute approximate surface area is 140 Å². The van der Waals surface area contributed by atoms with Crippen molar-refractivity contribution in [1.29, 1.82) is 0 Å². The lowest BCUT2D eigenvalue weighted by atomic mass is 10.1. The summed E-state index contributed by atoms with van der Waals surface area (Å²) in [6.45, 7) is 4.55. The lowest BCUT2D eigenvalue weighted by molar-refractivity contribution is -0.123. The number of hydrogen-bond acceptors (Lipinski definition) is 4. The van der Waals surface area contributed by atoms with Crippen LogP contribution in [0.25, 0.3) is 6.08 Å². The summed E-state index contributed by atoms with van der Waals surface area (Å²) >= 11 is 6.72. The smallest absolute Gasteiger partial charge is 0.266 e. The third kappa shape index (κ3) is 2.83. The maximum Gasteiger partial charge on any atom is 0.266 e. The summed E-state index contributed by atoms with van der Waals surface area (Å²) in [5, 5.41) is 0. The maximum atomic E-state index is 12.5. The molecule has 1 saturated heterocycles. The highest BCUT2D eigenvalue weighted by Crippen LogP contribution is 2.35. The molecule has 114 valence electrons. The molecule has 2 heterocycles. The van der Waals surface area contributed by atoms with E-state index in [4.69, 9.17) is 17.0 Å². The van der Waals surface area contributed by atoms with Crippen LogP contribution in [0.15, 0.2) is 40.8 Å². The second kappa shape index (κ2) is 6.26. The van der Waals surface area contributed by atoms with Crippen LogP contribution in [0.2, 0.25) is 0 Å². The van der Waals surface area contributed by atoms with E-state index in [9.17, 15) is 4.79 Å². The van der Waals surface area contributed by atoms with Crippen molar-refractivity contribution in [3.63, 3.8) is 0 Å². The zero-order valence-electron chi connectivity index (χ0n) is 12.5. The van der Waals surface area contributed by atoms with Crippen molar-refractivity contribution in [3.05, 3.63) is 46.4 Å². The number of rotatable bonds is 3. The molecule has 0 N–H and O–H groups in total. The molecule has 0 aliphatic carbocycles. The van der Waals surface area contributed by atoms with Crippen molar-refractivity contribution in [1.82, 2.24) is 4.90 Å². The first-order valence-corrected chi connectivity index (χ1v) is 8.52. The summed E-state index contributed by atoms with van der Waals surface area (Å²) in [6.07, 6.45) is 4.85. The number of thioether (sulfide) groups is 1. The molecule has 0 unspecified atom stereocenters. The summed E-state index contributed by atoms with van der Waals surface area (Å²) < 4.78 is 6.37. The van der Waals surface area contributed by atoms with Gasteiger partial charge >= 0.3 is 0 Å². The Morgan fingerprint density at radius 3 is 3.00 bits per heavy atom. The van der Waals surface area contributed by atoms with E-state index in [1.807, 2.05) is 37.3 Å². The Hall–Kier alpha value is -1.59. The van der Waals surface area contributed by atoms with Gasteiger partial charge in [0, 0.05) is 11.6 Å². The van der Waals surface area contributed by atoms with E-state index < -0.39 is 0 Å². The van der Waals surface area contributed by atoms with Gasteiger partial charge in [0.2, 0.25) is 0 Å². The van der Waals surface area contributed by atoms with Crippen LogP contribution in [-0.4, -0.2) is 27.8 Å². The van der Waals surface area contributed by atoms with Crippen LogP contribution in [0, 0.1) is 0 Å². The molecule has 3 rings (SSSR count). The Morgan fingerprint density at radius 1 is 1.45 bits per heavy atom. The van der Waals surface area contributed by atoms with Crippen LogP contribution in [0.5, 0.6) is 5.75 Å². The topological polar surface area (TPSA) is 29.5 Å². The molecule has 1 atom stereocenters. The number of fused-ring (bicyclic) bond motifs is 1. The molecular weight excluding hydrogens is 314 g/mol. The molecule has 2 aliphatic heterocycles. The predicted molar refractivity (Wildman–Crippen MR) is 94.8 cm³/mol. The zero-order chi connectivity index (χ0) is 15.7. The molecule has 3 nitrogen and oxygen atoms in total. The van der Waals surface area contributed by atoms with Gasteiger partial charge in [-0.05, 0) is 37.1 Å². The Bertz CT molecular complexity index is 694. The lowest BCUT2D eigenvalue weighted by Gasteiger charge is -2.21. The SMILES string of the molecule is CC[C@@H](C)N1C(=O)/C(=C/C2=Cc3ccccc3OC2)SC1=S. The molecule has 2 aliphatic rings. The van der Waals surface area contributed by atoms with Gasteiger partial charge in [-0.1, -0.05) is 49.1 Å². The summed E-state index contributed by atoms with van der Waals surface area (Å²) in [4.78, 5) is 14.9. The minimum Gasteiger partial charge on any atom is -0.488 e. The molecule has 0 radical (unpaired) electrons. The number of para-hydroxylation sites is 1. The minimum atomic E-state index is 0.00380. The normalized spacial score (nSPS) is 20.7. The quantitative estimate of drug-likeness (QED) is 0.618. The Balaban J connectivity index is 1.87. The van der Waals surface area contributed by atoms with Gasteiger partial charge in [-0.3, -0.25) is 9.69 Å². The summed E-state index contributed by atoms with van der Waals surface area (Å²) in [5.41, 5.74) is 2.03. The number of hydrogen-bond donors (Lipinski definition) is 0. The average molecular weight is 331 g/mol. The Morgan fingerprint density at radius 2 is 2.23 bits per heavy atom. The van der Waals surface area contributed by atoms with Gasteiger partial charge in [0.15, 0.2) is 0 Å². The number of carbonyl (C=O) groups excluding carboxylic acids is 1. The molecule has 1 aromatic rings. The molecule has 1 amide bonds. The first-order chi connectivity index (χ1) is 10.6. The van der Waals surface area contributed by atoms with Crippen molar-refractivity contribution >= 4 is 40.3 Å². The largest absolute Gasteiger partial charge is 0.488 e. The lowest BCUT2D eigenvalue weighted by Crippen LogP contribution is -2.36. The average Bonchev–Trinajstić information content (AvgIpc) is 2.80. The first kappa shape index (κ1) is 15.3. The van der Waals surface area contributed by atoms with E-state index in [0.717, 1.165) is 23.3 Å². The number of amides is 1. The van der Waals surface area contributed by atoms with E-state index in [1.54, 1.807) is 4.90 Å². The van der Waals surface area contributed by atoms with E-state index in [1.165, 1.54) is 11.8 Å². The zero-order valence-corrected chi connectivity index (χ0v) is 14.2. The fourth-order valence-corrected chi connectivity index (χ4v) is 3.91. The van der Waals surface area contributed by atoms with Gasteiger partial charge in [-0.15, -0.1) is 0 Å². The van der Waals surface area contributed by atoms with Crippen molar-refractivity contribution in [3.8, 4) is 5.75 Å². The monoisotopic (exact) mass is 331 g/mol. The Kier molecular flexibility index (Phi) is 4.36. The van der Waals surface area contributed by atoms with Gasteiger partial charge in [-0.2, -0.15) is 0 Å². The molecular formula is C17H17NO2S2. The fourth-order valence-electron chi connectivity index (χ4n) is 2.43. The van der Waals surface area contributed by atoms with Crippen LogP contribution in [0.1, 0.15) is 25.8 Å². The first-order valence-electron chi connectivity index (χ1n) is 7.29. The second-order valence-corrected chi connectivity index (χ2v) is 7.03. The van der Waals surface area contributed by atoms with Gasteiger partial charge in [0.1, 0.15) is 16.7 Å². The van der Waals surface area contributed by atoms with Gasteiger partial charge in [-0.25, -0.2) is 0 Å². The third-order valence-corrected chi connectivity index (χ3v) is 5.16. The number of carbonyl (C=O) groups is 1. The van der Waals surface area contributed by atoms with Crippen molar-refractivity contribution in [2.24, 2.45) is 0 Å². The number of benzene rings is 1. The molecule has 0 bridgehead atoms. The fraction of sp³-hybridized carbons (Fsp3) is 0.294. The van der Waals surface area contributed by atoms with Crippen LogP contribution in [-0.2, 0) is 4.79 Å². The highest BCUT2D eigenvalue weighted by molar-refractivity contribution is 8.26. The summed E-state index contributed by atoms with van der Waals surface area (Å²) in [7, 11) is 0. The van der Waals surface area contributed by atoms with Crippen LogP contribution >= 0.6 is 24.0 Å². The standard InChI is InChI=1S/C17H17NO2S2/c1-3-11(2)18-16(19)15(22-17(18)21)9-12-8-13-6-4-5-7-14(13)20-10-12/h4-9,11H,3,10H2,1-2H3/b15-9-/t11-/m1/s1. The second-order valence-electron chi connectivity index (χ2n) is 5.35. The predicted octanol–water partition coefficient (Wildman–Crippen LogP) is 4.01. The summed E-state index contributed by atoms with van der Waals surface area (Å²) in [6, 6.07) is 8.02. The van der Waals surface area contributed by atoms with E-state index >= 15 is 0 Å². The van der Waals surface area contributed by atoms with Crippen LogP contribution in [0.3, 0.4) is 0 Å². The number of thiocarbonyl (C=S) groups is 1. The molecule has 0 saturated carbocycles. The molecule has 1 fully saturated rings. The molecule has 0 spiro atoms. The highest BCUT2D eigenvalue weighted by atomic mass is 32.2. The molecule has 0 aromatic heterocycles. The van der Waals surface area contributed by atoms with E-state index in [-0.39, 0.29) is 11.9 Å². The molecule has 1 aromatic carbocycles. The van der Waals surface area contributed by atoms with Crippen LogP contribution < -0.4 is 4.74 Å². The van der Waals surface area contributed by atoms with Gasteiger partial charge in [0.05, 0.1) is 4.91 Å². The maximum absolute atomic E-state index is 12.5. The highest BCUT2D eigenvalue weighted by Gasteiger charge is 2.34. The summed E-state index contributed by atoms with van der Waals surface area (Å²) in [5.74, 6) is 0.885. The van der Waals surface area contributed by atoms with Crippen molar-refractivity contribution in [2.75, 3.05) is 6.61 Å². The minimum absolute atomic E-state index is 0.00380. The van der Waals surface area contributed by atoms with E-state index in [2.05, 4.69) is 13.0 Å². The van der Waals surface area contributed by atoms with E-state index in [0.29, 0.717) is 15.8 Å². The van der Waals surface area contributed by atoms with Crippen LogP contribution in [0.4, 0.5) is 0 Å². The third-order valence-electron chi connectivity index (χ3n) is 3.83. The number of nitrogens with zero attached hydrogens (tertiary/aromatic N) is 1.